The molecule has 6 atom stereocenters. The van der Waals surface area contributed by atoms with Gasteiger partial charge in [0.05, 0.1) is 31.5 Å². The molecular formula is C50H60N2O9. The molecule has 2 N–H and O–H groups in total. The Balaban J connectivity index is 1.30. The molecule has 1 amide bonds. The van der Waals surface area contributed by atoms with E-state index in [-0.39, 0.29) is 57.2 Å². The fourth-order valence-electron chi connectivity index (χ4n) is 9.48. The van der Waals surface area contributed by atoms with Crippen molar-refractivity contribution in [3.8, 4) is 17.2 Å². The summed E-state index contributed by atoms with van der Waals surface area (Å²) in [6.07, 6.45) is 8.47. The number of carbonyl (C=O) groups is 1. The molecule has 2 aliphatic carbocycles. The lowest BCUT2D eigenvalue weighted by Gasteiger charge is -2.59. The maximum Gasteiger partial charge on any atom is 0.410 e. The molecule has 1 aliphatic heterocycles. The van der Waals surface area contributed by atoms with Crippen molar-refractivity contribution in [2.24, 2.45) is 22.9 Å². The Morgan fingerprint density at radius 1 is 0.918 bits per heavy atom. The lowest BCUT2D eigenvalue weighted by atomic mass is 9.55. The second-order valence-corrected chi connectivity index (χ2v) is 16.1. The molecule has 1 fully saturated rings. The van der Waals surface area contributed by atoms with Crippen LogP contribution in [-0.2, 0) is 25.7 Å². The third kappa shape index (κ3) is 9.97. The molecule has 7 rings (SSSR count). The van der Waals surface area contributed by atoms with Crippen LogP contribution in [0.2, 0.25) is 0 Å². The lowest BCUT2D eigenvalue weighted by Crippen LogP contribution is -2.69. The first-order chi connectivity index (χ1) is 29.9. The third-order valence-corrected chi connectivity index (χ3v) is 12.2. The highest BCUT2D eigenvalue weighted by molar-refractivity contribution is 6.03. The summed E-state index contributed by atoms with van der Waals surface area (Å²) in [6, 6.07) is 29.4. The normalized spacial score (nSPS) is 23.3. The number of amides is 1. The lowest BCUT2D eigenvalue weighted by molar-refractivity contribution is -0.253. The Morgan fingerprint density at radius 3 is 2.43 bits per heavy atom. The molecule has 1 saturated carbocycles. The predicted octanol–water partition coefficient (Wildman–Crippen LogP) is 9.57. The van der Waals surface area contributed by atoms with Gasteiger partial charge >= 0.3 is 6.09 Å². The Bertz CT molecular complexity index is 2140. The molecule has 0 bridgehead atoms. The molecule has 6 unspecified atom stereocenters. The number of aliphatic hydroxyl groups is 2. The minimum Gasteiger partial charge on any atom is -0.459 e. The van der Waals surface area contributed by atoms with Gasteiger partial charge in [-0.3, -0.25) is 0 Å². The molecule has 324 valence electrons. The highest BCUT2D eigenvalue weighted by Crippen LogP contribution is 2.62. The van der Waals surface area contributed by atoms with Gasteiger partial charge in [0.1, 0.15) is 36.5 Å². The van der Waals surface area contributed by atoms with Crippen molar-refractivity contribution in [3.63, 3.8) is 0 Å². The number of likely N-dealkylation sites (N-methyl/N-ethyl adjacent to an activating group) is 1. The van der Waals surface area contributed by atoms with Gasteiger partial charge in [0.15, 0.2) is 0 Å². The number of aliphatic hydroxyl groups excluding tert-OH is 2. The zero-order valence-corrected chi connectivity index (χ0v) is 35.5. The number of fused-ring (bicyclic) bond motifs is 3. The molecule has 4 aromatic carbocycles. The van der Waals surface area contributed by atoms with Crippen LogP contribution in [0.3, 0.4) is 0 Å². The van der Waals surface area contributed by atoms with Crippen molar-refractivity contribution in [2.45, 2.75) is 76.2 Å². The maximum absolute atomic E-state index is 14.1. The van der Waals surface area contributed by atoms with E-state index in [9.17, 15) is 15.0 Å². The van der Waals surface area contributed by atoms with E-state index in [1.807, 2.05) is 73.7 Å². The van der Waals surface area contributed by atoms with E-state index in [1.165, 1.54) is 0 Å². The van der Waals surface area contributed by atoms with Crippen LogP contribution < -0.4 is 9.47 Å². The second kappa shape index (κ2) is 21.1. The number of hydrogen-bond acceptors (Lipinski definition) is 10. The molecule has 11 nitrogen and oxygen atoms in total. The Morgan fingerprint density at radius 2 is 1.66 bits per heavy atom. The van der Waals surface area contributed by atoms with Gasteiger partial charge in [-0.2, -0.15) is 0 Å². The van der Waals surface area contributed by atoms with Gasteiger partial charge in [0.25, 0.3) is 0 Å². The molecule has 0 saturated heterocycles. The van der Waals surface area contributed by atoms with E-state index < -0.39 is 23.8 Å². The first kappa shape index (κ1) is 43.9. The van der Waals surface area contributed by atoms with Crippen LogP contribution in [0.1, 0.15) is 68.9 Å². The van der Waals surface area contributed by atoms with Crippen LogP contribution >= 0.6 is 0 Å². The first-order valence-corrected chi connectivity index (χ1v) is 21.8. The molecule has 3 aliphatic rings. The van der Waals surface area contributed by atoms with Crippen LogP contribution in [0.5, 0.6) is 17.2 Å². The Hall–Kier alpha value is -5.20. The van der Waals surface area contributed by atoms with E-state index >= 15 is 0 Å². The average molecular weight is 833 g/mol. The van der Waals surface area contributed by atoms with Gasteiger partial charge < -0.3 is 43.6 Å². The highest BCUT2D eigenvalue weighted by Gasteiger charge is 2.65. The SMILES string of the molecule is C=CCOC12Oc3ccc(Oc4ccc5ccccc5c4)cc3C3C(CCCCO)C(CCCCO)C=C(C(=NOCC)CC1N(C)C(=O)OCCOCc1ccccc1)C32. The summed E-state index contributed by atoms with van der Waals surface area (Å²) in [6.45, 7) is 7.36. The monoisotopic (exact) mass is 832 g/mol. The third-order valence-electron chi connectivity index (χ3n) is 12.2. The van der Waals surface area contributed by atoms with Crippen LogP contribution in [0.25, 0.3) is 10.8 Å². The van der Waals surface area contributed by atoms with Crippen LogP contribution in [-0.4, -0.2) is 85.4 Å². The number of hydrogen-bond donors (Lipinski definition) is 2. The van der Waals surface area contributed by atoms with Gasteiger partial charge in [0, 0.05) is 38.2 Å². The minimum absolute atomic E-state index is 0.0620. The number of rotatable bonds is 21. The largest absolute Gasteiger partial charge is 0.459 e. The summed E-state index contributed by atoms with van der Waals surface area (Å²) in [7, 11) is 1.72. The average Bonchev–Trinajstić information content (AvgIpc) is 3.28. The number of benzene rings is 4. The molecule has 1 heterocycles. The number of allylic oxidation sites excluding steroid dienone is 1. The van der Waals surface area contributed by atoms with Crippen molar-refractivity contribution in [1.82, 2.24) is 4.90 Å². The molecule has 0 spiro atoms. The van der Waals surface area contributed by atoms with Gasteiger partial charge in [-0.1, -0.05) is 90.8 Å². The molecule has 61 heavy (non-hydrogen) atoms. The van der Waals surface area contributed by atoms with E-state index in [0.717, 1.165) is 64.6 Å². The van der Waals surface area contributed by atoms with Crippen molar-refractivity contribution in [3.05, 3.63) is 126 Å². The van der Waals surface area contributed by atoms with Gasteiger partial charge in [-0.25, -0.2) is 4.79 Å². The summed E-state index contributed by atoms with van der Waals surface area (Å²) in [5.74, 6) is 0.219. The number of carbonyl (C=O) groups excluding carboxylic acids is 1. The van der Waals surface area contributed by atoms with Gasteiger partial charge in [-0.05, 0) is 96.7 Å². The Labute approximate surface area is 359 Å². The summed E-state index contributed by atoms with van der Waals surface area (Å²) in [5.41, 5.74) is 3.70. The van der Waals surface area contributed by atoms with E-state index in [0.29, 0.717) is 37.6 Å². The Kier molecular flexibility index (Phi) is 15.1. The first-order valence-electron chi connectivity index (χ1n) is 21.8. The molecule has 11 heteroatoms. The topological polar surface area (TPSA) is 129 Å². The number of oxime groups is 1. The maximum atomic E-state index is 14.1. The van der Waals surface area contributed by atoms with Crippen molar-refractivity contribution in [1.29, 1.82) is 0 Å². The number of ether oxygens (including phenoxy) is 5. The summed E-state index contributed by atoms with van der Waals surface area (Å²) >= 11 is 0. The summed E-state index contributed by atoms with van der Waals surface area (Å²) < 4.78 is 32.5. The standard InChI is InChI=1S/C50H60N2O9/c1-4-27-58-50-46(52(3)49(55)57-29-28-56-34-35-15-7-6-8-16-35)33-44(51-59-5-2)42-31-38(19-11-13-25-53)41(20-12-14-26-54)47(48(42)50)43-32-40(23-24-45(43)61-50)60-39-22-21-36-17-9-10-18-37(36)30-39/h4,6-10,15-18,21-24,30-32,38,41,46-48,53-54H,1,5,11-14,19-20,25-29,33-34H2,2-3H3. The summed E-state index contributed by atoms with van der Waals surface area (Å²) in [5, 5.41) is 26.7. The van der Waals surface area contributed by atoms with Crippen molar-refractivity contribution in [2.75, 3.05) is 46.7 Å². The van der Waals surface area contributed by atoms with E-state index in [1.54, 1.807) is 18.0 Å². The van der Waals surface area contributed by atoms with E-state index in [4.69, 9.17) is 33.7 Å². The fourth-order valence-corrected chi connectivity index (χ4v) is 9.48. The zero-order valence-electron chi connectivity index (χ0n) is 35.5. The molecular weight excluding hydrogens is 773 g/mol. The van der Waals surface area contributed by atoms with E-state index in [2.05, 4.69) is 36.9 Å². The zero-order chi connectivity index (χ0) is 42.6. The van der Waals surface area contributed by atoms with Gasteiger partial charge in [-0.15, -0.1) is 6.58 Å². The smallest absolute Gasteiger partial charge is 0.410 e. The van der Waals surface area contributed by atoms with Gasteiger partial charge in [0.2, 0.25) is 5.79 Å². The van der Waals surface area contributed by atoms with Crippen molar-refractivity contribution >= 4 is 22.6 Å². The van der Waals surface area contributed by atoms with Crippen LogP contribution in [0, 0.1) is 17.8 Å². The van der Waals surface area contributed by atoms with Crippen molar-refractivity contribution < 1.29 is 43.5 Å². The molecule has 4 aromatic rings. The fraction of sp³-hybridized carbons (Fsp3) is 0.440. The number of unbranched alkanes of at least 4 members (excludes halogenated alkanes) is 2. The molecule has 0 aromatic heterocycles. The van der Waals surface area contributed by atoms with Crippen LogP contribution in [0.15, 0.2) is 120 Å². The quantitative estimate of drug-likeness (QED) is 0.0479. The second-order valence-electron chi connectivity index (χ2n) is 16.1. The number of nitrogens with zero attached hydrogens (tertiary/aromatic N) is 2. The molecule has 0 radical (unpaired) electrons. The highest BCUT2D eigenvalue weighted by atomic mass is 16.7. The minimum atomic E-state index is -1.38. The summed E-state index contributed by atoms with van der Waals surface area (Å²) in [4.78, 5) is 21.5. The predicted molar refractivity (Wildman–Crippen MR) is 236 cm³/mol. The van der Waals surface area contributed by atoms with Crippen LogP contribution in [0.4, 0.5) is 4.79 Å².